The first-order valence-electron chi connectivity index (χ1n) is 5.42. The Morgan fingerprint density at radius 1 is 1.27 bits per heavy atom. The van der Waals surface area contributed by atoms with Gasteiger partial charge in [-0.1, -0.05) is 0 Å². The summed E-state index contributed by atoms with van der Waals surface area (Å²) in [6.45, 7) is 2.31. The SMILES string of the molecule is CN(C)CCCC(=O)OCC[N+](C)(C)C. The molecule has 0 aliphatic heterocycles. The number of hydrogen-bond donors (Lipinski definition) is 0. The number of carbonyl (C=O) groups excluding carboxylic acids is 1. The maximum absolute atomic E-state index is 11.3. The van der Waals surface area contributed by atoms with Crippen molar-refractivity contribution >= 4 is 5.97 Å². The maximum Gasteiger partial charge on any atom is 0.306 e. The fourth-order valence-corrected chi connectivity index (χ4v) is 1.05. The monoisotopic (exact) mass is 217 g/mol. The van der Waals surface area contributed by atoms with Gasteiger partial charge in [-0.15, -0.1) is 0 Å². The number of quaternary nitrogens is 1. The van der Waals surface area contributed by atoms with E-state index in [0.29, 0.717) is 13.0 Å². The summed E-state index contributed by atoms with van der Waals surface area (Å²) >= 11 is 0. The Kier molecular flexibility index (Phi) is 6.52. The molecule has 0 heterocycles. The van der Waals surface area contributed by atoms with E-state index < -0.39 is 0 Å². The highest BCUT2D eigenvalue weighted by atomic mass is 16.5. The van der Waals surface area contributed by atoms with E-state index in [2.05, 4.69) is 26.0 Å². The van der Waals surface area contributed by atoms with Crippen molar-refractivity contribution in [2.75, 3.05) is 54.9 Å². The molecule has 0 aromatic rings. The fraction of sp³-hybridized carbons (Fsp3) is 0.909. The quantitative estimate of drug-likeness (QED) is 0.461. The molecule has 0 fully saturated rings. The van der Waals surface area contributed by atoms with Crippen LogP contribution in [0, 0.1) is 0 Å². The molecule has 0 bridgehead atoms. The fourth-order valence-electron chi connectivity index (χ4n) is 1.05. The first kappa shape index (κ1) is 14.4. The van der Waals surface area contributed by atoms with Crippen LogP contribution in [0.2, 0.25) is 0 Å². The molecule has 90 valence electrons. The van der Waals surface area contributed by atoms with Gasteiger partial charge in [0.2, 0.25) is 0 Å². The second-order valence-corrected chi connectivity index (χ2v) is 5.14. The summed E-state index contributed by atoms with van der Waals surface area (Å²) in [4.78, 5) is 13.3. The summed E-state index contributed by atoms with van der Waals surface area (Å²) < 4.78 is 5.95. The van der Waals surface area contributed by atoms with Crippen LogP contribution in [0.25, 0.3) is 0 Å². The maximum atomic E-state index is 11.3. The molecule has 0 saturated heterocycles. The Balaban J connectivity index is 3.42. The highest BCUT2D eigenvalue weighted by Gasteiger charge is 2.09. The van der Waals surface area contributed by atoms with Crippen LogP contribution in [-0.2, 0) is 9.53 Å². The molecule has 15 heavy (non-hydrogen) atoms. The Morgan fingerprint density at radius 3 is 2.33 bits per heavy atom. The Bertz CT molecular complexity index is 186. The van der Waals surface area contributed by atoms with Crippen LogP contribution in [0.1, 0.15) is 12.8 Å². The van der Waals surface area contributed by atoms with Crippen LogP contribution in [0.4, 0.5) is 0 Å². The van der Waals surface area contributed by atoms with Gasteiger partial charge < -0.3 is 14.1 Å². The van der Waals surface area contributed by atoms with Crippen molar-refractivity contribution in [2.45, 2.75) is 12.8 Å². The highest BCUT2D eigenvalue weighted by molar-refractivity contribution is 5.69. The summed E-state index contributed by atoms with van der Waals surface area (Å²) in [5.41, 5.74) is 0. The van der Waals surface area contributed by atoms with Gasteiger partial charge in [-0.05, 0) is 27.1 Å². The number of carbonyl (C=O) groups is 1. The number of likely N-dealkylation sites (N-methyl/N-ethyl adjacent to an activating group) is 1. The van der Waals surface area contributed by atoms with Crippen LogP contribution >= 0.6 is 0 Å². The molecule has 0 atom stereocenters. The van der Waals surface area contributed by atoms with Gasteiger partial charge in [0.1, 0.15) is 13.2 Å². The zero-order chi connectivity index (χ0) is 11.9. The Labute approximate surface area is 93.4 Å². The van der Waals surface area contributed by atoms with Crippen LogP contribution in [-0.4, -0.2) is 70.3 Å². The van der Waals surface area contributed by atoms with Gasteiger partial charge >= 0.3 is 5.97 Å². The van der Waals surface area contributed by atoms with E-state index in [1.54, 1.807) is 0 Å². The van der Waals surface area contributed by atoms with Crippen LogP contribution in [0.15, 0.2) is 0 Å². The lowest BCUT2D eigenvalue weighted by atomic mass is 10.3. The van der Waals surface area contributed by atoms with Crippen molar-refractivity contribution in [3.8, 4) is 0 Å². The summed E-state index contributed by atoms with van der Waals surface area (Å²) in [6, 6.07) is 0. The second kappa shape index (κ2) is 6.80. The summed E-state index contributed by atoms with van der Waals surface area (Å²) in [7, 11) is 10.3. The molecule has 0 aliphatic carbocycles. The van der Waals surface area contributed by atoms with Gasteiger partial charge in [-0.25, -0.2) is 0 Å². The van der Waals surface area contributed by atoms with Crippen molar-refractivity contribution in [1.82, 2.24) is 4.90 Å². The molecule has 0 aliphatic rings. The zero-order valence-corrected chi connectivity index (χ0v) is 10.7. The average Bonchev–Trinajstić information content (AvgIpc) is 2.00. The van der Waals surface area contributed by atoms with Crippen LogP contribution < -0.4 is 0 Å². The van der Waals surface area contributed by atoms with Crippen molar-refractivity contribution in [1.29, 1.82) is 0 Å². The lowest BCUT2D eigenvalue weighted by molar-refractivity contribution is -0.870. The highest BCUT2D eigenvalue weighted by Crippen LogP contribution is 1.96. The molecule has 0 amide bonds. The third kappa shape index (κ3) is 11.3. The molecule has 0 unspecified atom stereocenters. The minimum absolute atomic E-state index is 0.0784. The summed E-state index contributed by atoms with van der Waals surface area (Å²) in [5.74, 6) is -0.0784. The standard InChI is InChI=1S/C11H25N2O2/c1-12(2)8-6-7-11(14)15-10-9-13(3,4)5/h6-10H2,1-5H3/q+1. The molecule has 4 heteroatoms. The molecule has 0 aromatic heterocycles. The molecule has 0 radical (unpaired) electrons. The Hall–Kier alpha value is -0.610. The molecular formula is C11H25N2O2+. The number of rotatable bonds is 7. The smallest absolute Gasteiger partial charge is 0.306 e. The van der Waals surface area contributed by atoms with Gasteiger partial charge in [0, 0.05) is 6.42 Å². The molecule has 0 N–H and O–H groups in total. The third-order valence-corrected chi connectivity index (χ3v) is 2.01. The lowest BCUT2D eigenvalue weighted by Gasteiger charge is -2.23. The largest absolute Gasteiger partial charge is 0.460 e. The zero-order valence-electron chi connectivity index (χ0n) is 10.7. The summed E-state index contributed by atoms with van der Waals surface area (Å²) in [6.07, 6.45) is 1.39. The van der Waals surface area contributed by atoms with E-state index in [1.807, 2.05) is 14.1 Å². The van der Waals surface area contributed by atoms with Crippen molar-refractivity contribution in [3.63, 3.8) is 0 Å². The van der Waals surface area contributed by atoms with Crippen LogP contribution in [0.5, 0.6) is 0 Å². The predicted octanol–water partition coefficient (Wildman–Crippen LogP) is 0.578. The number of hydrogen-bond acceptors (Lipinski definition) is 3. The number of nitrogens with zero attached hydrogens (tertiary/aromatic N) is 2. The first-order valence-corrected chi connectivity index (χ1v) is 5.42. The normalized spacial score (nSPS) is 11.9. The molecule has 0 rings (SSSR count). The Morgan fingerprint density at radius 2 is 1.87 bits per heavy atom. The number of esters is 1. The molecular weight excluding hydrogens is 192 g/mol. The van der Waals surface area contributed by atoms with E-state index in [1.165, 1.54) is 0 Å². The van der Waals surface area contributed by atoms with Crippen molar-refractivity contribution in [2.24, 2.45) is 0 Å². The van der Waals surface area contributed by atoms with E-state index in [4.69, 9.17) is 4.74 Å². The third-order valence-electron chi connectivity index (χ3n) is 2.01. The van der Waals surface area contributed by atoms with Gasteiger partial charge in [-0.3, -0.25) is 4.79 Å². The van der Waals surface area contributed by atoms with Gasteiger partial charge in [0.25, 0.3) is 0 Å². The van der Waals surface area contributed by atoms with E-state index in [0.717, 1.165) is 24.0 Å². The van der Waals surface area contributed by atoms with Gasteiger partial charge in [-0.2, -0.15) is 0 Å². The average molecular weight is 217 g/mol. The van der Waals surface area contributed by atoms with E-state index >= 15 is 0 Å². The minimum Gasteiger partial charge on any atom is -0.460 e. The molecule has 0 aromatic carbocycles. The number of ether oxygens (including phenoxy) is 1. The van der Waals surface area contributed by atoms with Gasteiger partial charge in [0.05, 0.1) is 21.1 Å². The lowest BCUT2D eigenvalue weighted by Crippen LogP contribution is -2.38. The van der Waals surface area contributed by atoms with E-state index in [9.17, 15) is 4.79 Å². The van der Waals surface area contributed by atoms with E-state index in [-0.39, 0.29) is 5.97 Å². The van der Waals surface area contributed by atoms with Crippen LogP contribution in [0.3, 0.4) is 0 Å². The topological polar surface area (TPSA) is 29.5 Å². The minimum atomic E-state index is -0.0784. The van der Waals surface area contributed by atoms with Crippen molar-refractivity contribution < 1.29 is 14.0 Å². The molecule has 4 nitrogen and oxygen atoms in total. The molecule has 0 saturated carbocycles. The molecule has 0 spiro atoms. The van der Waals surface area contributed by atoms with Crippen molar-refractivity contribution in [3.05, 3.63) is 0 Å². The second-order valence-electron chi connectivity index (χ2n) is 5.14. The first-order chi connectivity index (χ1) is 6.81. The predicted molar refractivity (Wildman–Crippen MR) is 61.6 cm³/mol. The van der Waals surface area contributed by atoms with Gasteiger partial charge in [0.15, 0.2) is 0 Å². The summed E-state index contributed by atoms with van der Waals surface area (Å²) in [5, 5.41) is 0.